The van der Waals surface area contributed by atoms with Gasteiger partial charge in [0.1, 0.15) is 19.3 Å². The molecule has 520 valence electrons. The van der Waals surface area contributed by atoms with Crippen molar-refractivity contribution >= 4 is 19.7 Å². The molecule has 88 heavy (non-hydrogen) atoms. The first-order valence-corrected chi connectivity index (χ1v) is 40.3. The maximum absolute atomic E-state index is 13.6. The highest BCUT2D eigenvalue weighted by atomic mass is 31.2. The molecule has 0 rings (SSSR count). The van der Waals surface area contributed by atoms with Gasteiger partial charge in [-0.3, -0.25) is 18.6 Å². The van der Waals surface area contributed by atoms with Crippen molar-refractivity contribution in [3.63, 3.8) is 0 Å². The second kappa shape index (κ2) is 68.1. The molecule has 10 heteroatoms. The minimum Gasteiger partial charge on any atom is -0.456 e. The highest BCUT2D eigenvalue weighted by Crippen LogP contribution is 2.43. The van der Waals surface area contributed by atoms with E-state index in [1.54, 1.807) is 0 Å². The van der Waals surface area contributed by atoms with Gasteiger partial charge in [0.15, 0.2) is 0 Å². The maximum Gasteiger partial charge on any atom is 0.472 e. The van der Waals surface area contributed by atoms with Crippen molar-refractivity contribution in [2.75, 3.05) is 40.9 Å². The molecule has 0 aromatic heterocycles. The first-order valence-electron chi connectivity index (χ1n) is 38.8. The van der Waals surface area contributed by atoms with Crippen molar-refractivity contribution < 1.29 is 37.3 Å². The van der Waals surface area contributed by atoms with Gasteiger partial charge in [0.2, 0.25) is 5.91 Å². The molecule has 0 aromatic carbocycles. The number of carbonyl (C=O) groups excluding carboxylic acids is 2. The number of ether oxygens (including phenoxy) is 1. The lowest BCUT2D eigenvalue weighted by molar-refractivity contribution is -0.870. The molecule has 9 nitrogen and oxygen atoms in total. The van der Waals surface area contributed by atoms with Gasteiger partial charge in [0.05, 0.1) is 33.8 Å². The molecule has 1 amide bonds. The highest BCUT2D eigenvalue weighted by molar-refractivity contribution is 7.47. The Morgan fingerprint density at radius 2 is 0.693 bits per heavy atom. The van der Waals surface area contributed by atoms with Crippen LogP contribution in [-0.2, 0) is 27.9 Å². The number of esters is 1. The van der Waals surface area contributed by atoms with E-state index in [1.807, 2.05) is 27.2 Å². The topological polar surface area (TPSA) is 111 Å². The molecule has 2 N–H and O–H groups in total. The fourth-order valence-corrected chi connectivity index (χ4v) is 12.6. The molecule has 0 radical (unpaired) electrons. The zero-order valence-corrected chi connectivity index (χ0v) is 60.6. The Balaban J connectivity index is 4.91. The average molecular weight is 1260 g/mol. The predicted molar refractivity (Wildman–Crippen MR) is 383 cm³/mol. The van der Waals surface area contributed by atoms with Crippen LogP contribution in [-0.4, -0.2) is 74.3 Å². The number of unbranched alkanes of at least 4 members (excludes halogenated alkanes) is 52. The SMILES string of the molecule is CCCCC/C=C\C/C=C\CCCCCCCCCCCCCCCCCCCC(=O)OC(/C=C/CCCCCCCCCCCC)C(COP(=O)(O)OCC[N+](C)(C)C)NC(=O)CCCCCCCCCCCCCCCCCCCCCCCCC. The molecule has 0 spiro atoms. The lowest BCUT2D eigenvalue weighted by Gasteiger charge is -2.27. The lowest BCUT2D eigenvalue weighted by atomic mass is 10.0. The van der Waals surface area contributed by atoms with E-state index in [-0.39, 0.29) is 25.1 Å². The summed E-state index contributed by atoms with van der Waals surface area (Å²) in [4.78, 5) is 38.0. The van der Waals surface area contributed by atoms with E-state index in [4.69, 9.17) is 13.8 Å². The molecule has 3 atom stereocenters. The second-order valence-corrected chi connectivity index (χ2v) is 29.3. The molecular weight excluding hydrogens is 1110 g/mol. The summed E-state index contributed by atoms with van der Waals surface area (Å²) in [5, 5.41) is 3.09. The maximum atomic E-state index is 13.6. The standard InChI is InChI=1S/C78H151N2O7P/c1-7-10-13-16-19-22-25-28-30-32-34-36-38-39-40-41-43-45-47-49-51-53-56-59-62-65-68-71-78(82)87-76(69-66-63-60-57-54-27-24-21-18-15-12-9-3)75(74-86-88(83,84)85-73-72-80(4,5)6)79-77(81)70-67-64-61-58-55-52-50-48-46-44-42-37-35-33-31-29-26-23-20-17-14-11-8-2/h19,22,28,30,66,69,75-76H,7-18,20-21,23-27,29,31-65,67-68,70-74H2,1-6H3,(H-,79,81,83,84)/p+1/b22-19-,30-28-,69-66+. The number of nitrogens with zero attached hydrogens (tertiary/aromatic N) is 1. The monoisotopic (exact) mass is 1260 g/mol. The van der Waals surface area contributed by atoms with Crippen LogP contribution in [0, 0.1) is 0 Å². The van der Waals surface area contributed by atoms with Crippen LogP contribution in [0.2, 0.25) is 0 Å². The summed E-state index contributed by atoms with van der Waals surface area (Å²) >= 11 is 0. The number of likely N-dealkylation sites (N-methyl/N-ethyl adjacent to an activating group) is 1. The van der Waals surface area contributed by atoms with Crippen molar-refractivity contribution in [2.45, 2.75) is 412 Å². The smallest absolute Gasteiger partial charge is 0.456 e. The van der Waals surface area contributed by atoms with Gasteiger partial charge in [0, 0.05) is 12.8 Å². The van der Waals surface area contributed by atoms with Crippen molar-refractivity contribution in [3.05, 3.63) is 36.5 Å². The van der Waals surface area contributed by atoms with Gasteiger partial charge in [-0.05, 0) is 63.9 Å². The van der Waals surface area contributed by atoms with E-state index in [1.165, 1.54) is 302 Å². The normalized spacial score (nSPS) is 13.6. The Kier molecular flexibility index (Phi) is 66.7. The van der Waals surface area contributed by atoms with Crippen molar-refractivity contribution in [3.8, 4) is 0 Å². The van der Waals surface area contributed by atoms with E-state index in [2.05, 4.69) is 56.5 Å². The minimum atomic E-state index is -4.45. The molecule has 3 unspecified atom stereocenters. The molecule has 0 fully saturated rings. The van der Waals surface area contributed by atoms with Gasteiger partial charge < -0.3 is 19.4 Å². The van der Waals surface area contributed by atoms with E-state index >= 15 is 0 Å². The number of phosphoric ester groups is 1. The van der Waals surface area contributed by atoms with Crippen LogP contribution in [0.15, 0.2) is 36.5 Å². The number of amides is 1. The van der Waals surface area contributed by atoms with Crippen LogP contribution >= 0.6 is 7.82 Å². The van der Waals surface area contributed by atoms with E-state index in [0.717, 1.165) is 64.2 Å². The molecule has 0 saturated heterocycles. The Morgan fingerprint density at radius 1 is 0.398 bits per heavy atom. The zero-order valence-electron chi connectivity index (χ0n) is 59.8. The molecule has 0 saturated carbocycles. The number of allylic oxidation sites excluding steroid dienone is 5. The fraction of sp³-hybridized carbons (Fsp3) is 0.897. The Labute approximate surface area is 548 Å². The third-order valence-electron chi connectivity index (χ3n) is 17.8. The third kappa shape index (κ3) is 68.6. The molecule has 0 heterocycles. The second-order valence-electron chi connectivity index (χ2n) is 27.9. The van der Waals surface area contributed by atoms with Crippen molar-refractivity contribution in [1.82, 2.24) is 5.32 Å². The first kappa shape index (κ1) is 86.2. The molecule has 0 aliphatic heterocycles. The van der Waals surface area contributed by atoms with E-state index < -0.39 is 20.0 Å². The summed E-state index contributed by atoms with van der Waals surface area (Å²) < 4.78 is 30.9. The van der Waals surface area contributed by atoms with Crippen LogP contribution in [0.4, 0.5) is 0 Å². The minimum absolute atomic E-state index is 0.0442. The Morgan fingerprint density at radius 3 is 1.05 bits per heavy atom. The number of hydrogen-bond donors (Lipinski definition) is 2. The van der Waals surface area contributed by atoms with Gasteiger partial charge >= 0.3 is 13.8 Å². The van der Waals surface area contributed by atoms with Crippen LogP contribution in [0.5, 0.6) is 0 Å². The highest BCUT2D eigenvalue weighted by Gasteiger charge is 2.30. The quantitative estimate of drug-likeness (QED) is 0.0205. The van der Waals surface area contributed by atoms with Crippen LogP contribution in [0.1, 0.15) is 400 Å². The van der Waals surface area contributed by atoms with Gasteiger partial charge in [-0.15, -0.1) is 0 Å². The predicted octanol–water partition coefficient (Wildman–Crippen LogP) is 25.0. The van der Waals surface area contributed by atoms with Crippen LogP contribution in [0.25, 0.3) is 0 Å². The van der Waals surface area contributed by atoms with Gasteiger partial charge in [-0.1, -0.05) is 359 Å². The summed E-state index contributed by atoms with van der Waals surface area (Å²) in [6.45, 7) is 7.07. The zero-order chi connectivity index (χ0) is 64.2. The fourth-order valence-electron chi connectivity index (χ4n) is 11.9. The third-order valence-corrected chi connectivity index (χ3v) is 18.8. The molecule has 0 aliphatic rings. The Hall–Kier alpha value is -1.77. The van der Waals surface area contributed by atoms with Crippen LogP contribution < -0.4 is 5.32 Å². The largest absolute Gasteiger partial charge is 0.472 e. The number of phosphoric acid groups is 1. The first-order chi connectivity index (χ1) is 42.9. The van der Waals surface area contributed by atoms with Gasteiger partial charge in [-0.25, -0.2) is 4.57 Å². The number of quaternary nitrogens is 1. The summed E-state index contributed by atoms with van der Waals surface area (Å²) in [5.74, 6) is -0.479. The number of rotatable bonds is 72. The van der Waals surface area contributed by atoms with Gasteiger partial charge in [0.25, 0.3) is 0 Å². The lowest BCUT2D eigenvalue weighted by Crippen LogP contribution is -2.47. The summed E-state index contributed by atoms with van der Waals surface area (Å²) in [6, 6.07) is -0.844. The van der Waals surface area contributed by atoms with Crippen LogP contribution in [0.3, 0.4) is 0 Å². The average Bonchev–Trinajstić information content (AvgIpc) is 3.61. The molecule has 0 bridgehead atoms. The summed E-state index contributed by atoms with van der Waals surface area (Å²) in [5.41, 5.74) is 0. The van der Waals surface area contributed by atoms with Crippen molar-refractivity contribution in [1.29, 1.82) is 0 Å². The molecule has 0 aliphatic carbocycles. The summed E-state index contributed by atoms with van der Waals surface area (Å²) in [6.07, 6.45) is 86.0. The number of hydrogen-bond acceptors (Lipinski definition) is 6. The summed E-state index contributed by atoms with van der Waals surface area (Å²) in [7, 11) is 1.52. The Bertz CT molecular complexity index is 1600. The van der Waals surface area contributed by atoms with E-state index in [9.17, 15) is 19.0 Å². The molecular formula is C78H152N2O7P+. The number of nitrogens with one attached hydrogen (secondary N) is 1. The van der Waals surface area contributed by atoms with Gasteiger partial charge in [-0.2, -0.15) is 0 Å². The van der Waals surface area contributed by atoms with E-state index in [0.29, 0.717) is 23.9 Å². The number of carbonyl (C=O) groups is 2. The van der Waals surface area contributed by atoms with Crippen molar-refractivity contribution in [2.24, 2.45) is 0 Å². The molecule has 0 aromatic rings.